The van der Waals surface area contributed by atoms with Crippen LogP contribution in [0.3, 0.4) is 0 Å². The lowest BCUT2D eigenvalue weighted by Crippen LogP contribution is -2.13. The summed E-state index contributed by atoms with van der Waals surface area (Å²) in [5.41, 5.74) is 15.3. The summed E-state index contributed by atoms with van der Waals surface area (Å²) in [5.74, 6) is 0. The quantitative estimate of drug-likeness (QED) is 0.176. The van der Waals surface area contributed by atoms with Crippen LogP contribution in [0.4, 0.5) is 0 Å². The Labute approximate surface area is 893 Å². The molecular formula is C136H124O2S6. The van der Waals surface area contributed by atoms with Crippen molar-refractivity contribution in [2.45, 2.75) is 185 Å². The van der Waals surface area contributed by atoms with Crippen LogP contribution in [0.15, 0.2) is 360 Å². The maximum Gasteiger partial charge on any atom is 0.139 e. The fraction of sp³-hybridized carbons (Fsp3) is 0.206. The summed E-state index contributed by atoms with van der Waals surface area (Å²) in [5, 5.41) is 20.0. The van der Waals surface area contributed by atoms with E-state index in [0.717, 1.165) is 92.9 Å². The molecule has 0 aliphatic rings. The van der Waals surface area contributed by atoms with Crippen LogP contribution in [0.25, 0.3) is 209 Å². The molecule has 8 heteroatoms. The van der Waals surface area contributed by atoms with Crippen LogP contribution in [0.1, 0.15) is 202 Å². The predicted octanol–water partition coefficient (Wildman–Crippen LogP) is 43.8. The van der Waals surface area contributed by atoms with E-state index in [9.17, 15) is 0 Å². The summed E-state index contributed by atoms with van der Waals surface area (Å²) in [6.45, 7) is 46.0. The number of furan rings is 2. The summed E-state index contributed by atoms with van der Waals surface area (Å²) in [6, 6.07) is 88.4. The number of rotatable bonds is 4. The van der Waals surface area contributed by atoms with Gasteiger partial charge in [-0.2, -0.15) is 0 Å². The molecule has 0 saturated heterocycles. The molecule has 0 N–H and O–H groups in total. The first-order chi connectivity index (χ1) is 75.6. The van der Waals surface area contributed by atoms with Crippen LogP contribution in [-0.2, 0) is 32.5 Å². The second-order valence-corrected chi connectivity index (χ2v) is 50.1. The molecule has 2 nitrogen and oxygen atoms in total. The molecule has 144 heavy (non-hydrogen) atoms. The van der Waals surface area contributed by atoms with Gasteiger partial charge in [-0.05, 0) is 211 Å². The van der Waals surface area contributed by atoms with Gasteiger partial charge in [-0.3, -0.25) is 0 Å². The normalized spacial score (nSPS) is 13.9. The molecule has 0 radical (unpaired) electrons. The Hall–Kier alpha value is -13.1. The number of fused-ring (bicyclic) bond motifs is 24. The molecule has 26 aromatic rings. The lowest BCUT2D eigenvalue weighted by Gasteiger charge is -2.25. The van der Waals surface area contributed by atoms with Gasteiger partial charge in [-0.1, -0.05) is 419 Å². The highest BCUT2D eigenvalue weighted by Gasteiger charge is 2.33. The van der Waals surface area contributed by atoms with E-state index < -0.39 is 0 Å². The molecule has 716 valence electrons. The standard InChI is InChI=1S/2C23H22O.2C23H22S.2C22H18S2/c1-15-9-11-16(12-10-15)17-13-14-19-18-7-5-6-8-20(18)24-22(19)21(17)23(2,3)4;1-15-9-11-16(12-10-15)17-13-14-20-21(22(17)23(2,3)4)18-7-5-6-8-19(18)24-20;1-15-9-11-16(12-10-15)17-13-14-19-18-7-5-6-8-20(18)24-22(19)21(17)23(2,3)4;1-15-9-11-16(12-10-15)17-13-14-20-21(22(17)23(2,3)4)18-7-5-6-8-19(18)24-20;1-22(2,3)19-20-15(13-8-4-6-10-17(13)23-20)12-16-14-9-5-7-11-18(14)24-21(16)19;1-22(2,3)21-19-13-8-4-6-10-15(13)23-17(19)12-18-20(21)14-9-5-7-11-16(14)24-18/h4*5-14H,1-4H3;2*4-12H,1-3H3/i4*9D,10D,11D,12D;;. The van der Waals surface area contributed by atoms with Crippen molar-refractivity contribution in [3.63, 3.8) is 0 Å². The zero-order valence-electron chi connectivity index (χ0n) is 102. The lowest BCUT2D eigenvalue weighted by atomic mass is 9.79. The molecule has 0 aliphatic heterocycles. The number of thiophene rings is 6. The van der Waals surface area contributed by atoms with E-state index in [2.05, 4.69) is 270 Å². The molecule has 0 aliphatic carbocycles. The Morgan fingerprint density at radius 1 is 0.188 bits per heavy atom. The number of benzene rings is 18. The third-order valence-corrected chi connectivity index (χ3v) is 33.8. The van der Waals surface area contributed by atoms with Crippen LogP contribution < -0.4 is 0 Å². The molecule has 0 fully saturated rings. The Morgan fingerprint density at radius 2 is 0.472 bits per heavy atom. The van der Waals surface area contributed by atoms with Gasteiger partial charge in [0.25, 0.3) is 0 Å². The third kappa shape index (κ3) is 18.4. The summed E-state index contributed by atoms with van der Waals surface area (Å²) < 4.78 is 163. The number of hydrogen-bond donors (Lipinski definition) is 0. The zero-order chi connectivity index (χ0) is 114. The van der Waals surface area contributed by atoms with Gasteiger partial charge in [0.1, 0.15) is 22.3 Å². The van der Waals surface area contributed by atoms with Crippen molar-refractivity contribution in [1.82, 2.24) is 0 Å². The molecule has 0 bridgehead atoms. The van der Waals surface area contributed by atoms with E-state index in [0.29, 0.717) is 50.1 Å². The third-order valence-electron chi connectivity index (χ3n) is 26.8. The van der Waals surface area contributed by atoms with E-state index in [1.54, 1.807) is 50.4 Å². The predicted molar refractivity (Wildman–Crippen MR) is 643 cm³/mol. The van der Waals surface area contributed by atoms with Gasteiger partial charge in [0.05, 0.1) is 21.9 Å². The molecule has 0 unspecified atom stereocenters. The Bertz CT molecular complexity index is 9810. The van der Waals surface area contributed by atoms with E-state index in [1.807, 2.05) is 155 Å². The molecule has 8 heterocycles. The van der Waals surface area contributed by atoms with Crippen molar-refractivity contribution in [2.24, 2.45) is 0 Å². The minimum absolute atomic E-state index is 0.000520. The number of para-hydroxylation sites is 2. The van der Waals surface area contributed by atoms with Gasteiger partial charge in [0, 0.05) is 148 Å². The molecule has 0 saturated carbocycles. The van der Waals surface area contributed by atoms with Crippen LogP contribution in [0.2, 0.25) is 0 Å². The SMILES string of the molecule is CC(C)(C)c1c2c(cc3sc4ccccc4c13)sc1ccccc12.CC(C)(C)c1c2sc3ccccc3c2cc2c1sc1ccccc12.[2H]c1c([2H])c(-c2ccc3c(oc4ccccc43)c2C(C)(C)C)c([2H])c([2H])c1C.[2H]c1c([2H])c(-c2ccc3c(sc4ccccc43)c2C(C)(C)C)c([2H])c([2H])c1C.[2H]c1c([2H])c(-c2ccc3oc4ccccc4c3c2C(C)(C)C)c([2H])c([2H])c1C.[2H]c1c([2H])c(-c2ccc3sc4ccccc4c3c2C(C)(C)C)c([2H])c([2H])c1C. The Balaban J connectivity index is 0.000000111. The van der Waals surface area contributed by atoms with Crippen molar-refractivity contribution < 1.29 is 30.8 Å². The monoisotopic (exact) mass is 2000 g/mol. The molecule has 0 amide bonds. The Kier molecular flexibility index (Phi) is 20.8. The van der Waals surface area contributed by atoms with Crippen LogP contribution in [0.5, 0.6) is 0 Å². The van der Waals surface area contributed by atoms with Gasteiger partial charge < -0.3 is 8.83 Å². The van der Waals surface area contributed by atoms with Crippen molar-refractivity contribution in [2.75, 3.05) is 0 Å². The van der Waals surface area contributed by atoms with Crippen molar-refractivity contribution in [3.8, 4) is 44.5 Å². The van der Waals surface area contributed by atoms with Crippen LogP contribution in [0, 0.1) is 27.7 Å². The first kappa shape index (κ1) is 79.3. The molecule has 18 aromatic carbocycles. The highest BCUT2D eigenvalue weighted by molar-refractivity contribution is 7.29. The second-order valence-electron chi connectivity index (χ2n) is 43.7. The fourth-order valence-corrected chi connectivity index (χ4v) is 28.6. The maximum atomic E-state index is 8.56. The highest BCUT2D eigenvalue weighted by Crippen LogP contribution is 2.54. The van der Waals surface area contributed by atoms with Gasteiger partial charge in [0.2, 0.25) is 0 Å². The molecule has 26 rings (SSSR count). The minimum Gasteiger partial charge on any atom is -0.456 e. The van der Waals surface area contributed by atoms with E-state index in [4.69, 9.17) is 30.8 Å². The maximum absolute atomic E-state index is 8.56. The average molecular weight is 2000 g/mol. The number of hydrogen-bond acceptors (Lipinski definition) is 8. The minimum atomic E-state index is -0.323. The fourth-order valence-electron chi connectivity index (χ4n) is 20.7. The van der Waals surface area contributed by atoms with Crippen molar-refractivity contribution >= 4 is 233 Å². The zero-order valence-corrected chi connectivity index (χ0v) is 90.4. The summed E-state index contributed by atoms with van der Waals surface area (Å²) in [4.78, 5) is 0. The van der Waals surface area contributed by atoms with Crippen molar-refractivity contribution in [1.29, 1.82) is 0 Å². The molecule has 8 aromatic heterocycles. The average Bonchev–Trinajstić information content (AvgIpc) is 1.51. The van der Waals surface area contributed by atoms with E-state index in [-0.39, 0.29) is 129 Å². The second kappa shape index (κ2) is 37.8. The van der Waals surface area contributed by atoms with Crippen molar-refractivity contribution in [3.05, 3.63) is 407 Å². The summed E-state index contributed by atoms with van der Waals surface area (Å²) in [6.07, 6.45) is 0. The lowest BCUT2D eigenvalue weighted by molar-refractivity contribution is 0.574. The summed E-state index contributed by atoms with van der Waals surface area (Å²) >= 11 is 11.2. The Morgan fingerprint density at radius 3 is 0.868 bits per heavy atom. The van der Waals surface area contributed by atoms with Gasteiger partial charge in [-0.15, -0.1) is 68.0 Å². The molecule has 0 atom stereocenters. The molecule has 0 spiro atoms. The van der Waals surface area contributed by atoms with Crippen LogP contribution in [-0.4, -0.2) is 0 Å². The smallest absolute Gasteiger partial charge is 0.139 e. The van der Waals surface area contributed by atoms with Gasteiger partial charge in [-0.25, -0.2) is 0 Å². The first-order valence-electron chi connectivity index (χ1n) is 57.2. The summed E-state index contributed by atoms with van der Waals surface area (Å²) in [7, 11) is 0. The van der Waals surface area contributed by atoms with E-state index >= 15 is 0 Å². The van der Waals surface area contributed by atoms with Gasteiger partial charge >= 0.3 is 0 Å². The highest BCUT2D eigenvalue weighted by atomic mass is 32.1. The van der Waals surface area contributed by atoms with E-state index in [1.165, 1.54) is 122 Å². The molecular weight excluding hydrogens is 1860 g/mol. The largest absolute Gasteiger partial charge is 0.456 e. The van der Waals surface area contributed by atoms with Crippen LogP contribution >= 0.6 is 68.0 Å². The van der Waals surface area contributed by atoms with Gasteiger partial charge in [0.15, 0.2) is 0 Å². The topological polar surface area (TPSA) is 26.3 Å². The first-order valence-corrected chi connectivity index (χ1v) is 54.1.